The zero-order valence-corrected chi connectivity index (χ0v) is 8.59. The Kier molecular flexibility index (Phi) is 3.81. The lowest BCUT2D eigenvalue weighted by atomic mass is 10.2. The molecule has 0 aromatic heterocycles. The van der Waals surface area contributed by atoms with Crippen molar-refractivity contribution in [3.63, 3.8) is 0 Å². The Bertz CT molecular complexity index is 339. The number of hydrogen-bond donors (Lipinski definition) is 2. The van der Waals surface area contributed by atoms with Crippen molar-refractivity contribution in [2.45, 2.75) is 13.8 Å². The maximum absolute atomic E-state index is 8.75. The maximum atomic E-state index is 8.75. The molecule has 1 aromatic carbocycles. The van der Waals surface area contributed by atoms with Crippen LogP contribution in [0, 0.1) is 11.3 Å². The monoisotopic (exact) mass is 189 g/mol. The molecule has 0 spiro atoms. The summed E-state index contributed by atoms with van der Waals surface area (Å²) in [6.07, 6.45) is 0. The normalized spacial score (nSPS) is 9.21. The summed E-state index contributed by atoms with van der Waals surface area (Å²) in [5.74, 6) is 0. The van der Waals surface area contributed by atoms with Crippen molar-refractivity contribution < 1.29 is 0 Å². The topological polar surface area (TPSA) is 47.9 Å². The first-order valence-corrected chi connectivity index (χ1v) is 4.83. The summed E-state index contributed by atoms with van der Waals surface area (Å²) in [6.45, 7) is 5.82. The molecule has 0 aliphatic rings. The number of hydrogen-bond acceptors (Lipinski definition) is 3. The molecule has 0 atom stereocenters. The third kappa shape index (κ3) is 2.40. The summed E-state index contributed by atoms with van der Waals surface area (Å²) < 4.78 is 0. The van der Waals surface area contributed by atoms with Crippen molar-refractivity contribution >= 4 is 11.4 Å². The molecule has 0 radical (unpaired) electrons. The van der Waals surface area contributed by atoms with Gasteiger partial charge in [-0.25, -0.2) is 0 Å². The van der Waals surface area contributed by atoms with Crippen molar-refractivity contribution in [2.75, 3.05) is 23.7 Å². The van der Waals surface area contributed by atoms with Crippen LogP contribution in [0.1, 0.15) is 19.4 Å². The van der Waals surface area contributed by atoms with Crippen LogP contribution in [0.5, 0.6) is 0 Å². The predicted molar refractivity (Wildman–Crippen MR) is 59.5 cm³/mol. The summed E-state index contributed by atoms with van der Waals surface area (Å²) in [4.78, 5) is 0. The zero-order chi connectivity index (χ0) is 10.4. The number of nitriles is 1. The van der Waals surface area contributed by atoms with Crippen LogP contribution in [0.15, 0.2) is 18.2 Å². The molecule has 0 heterocycles. The Hall–Kier alpha value is -1.69. The third-order valence-corrected chi connectivity index (χ3v) is 1.88. The fraction of sp³-hybridized carbons (Fsp3) is 0.364. The lowest BCUT2D eigenvalue weighted by Gasteiger charge is -2.11. The predicted octanol–water partition coefficient (Wildman–Crippen LogP) is 2.42. The Morgan fingerprint density at radius 2 is 1.79 bits per heavy atom. The van der Waals surface area contributed by atoms with Gasteiger partial charge in [0.05, 0.1) is 23.0 Å². The lowest BCUT2D eigenvalue weighted by molar-refractivity contribution is 1.18. The van der Waals surface area contributed by atoms with Gasteiger partial charge < -0.3 is 10.6 Å². The molecule has 74 valence electrons. The fourth-order valence-corrected chi connectivity index (χ4v) is 1.30. The van der Waals surface area contributed by atoms with Crippen LogP contribution >= 0.6 is 0 Å². The van der Waals surface area contributed by atoms with E-state index in [9.17, 15) is 0 Å². The Labute approximate surface area is 84.7 Å². The summed E-state index contributed by atoms with van der Waals surface area (Å²) in [5, 5.41) is 15.2. The molecule has 0 saturated heterocycles. The molecule has 0 fully saturated rings. The van der Waals surface area contributed by atoms with E-state index >= 15 is 0 Å². The second kappa shape index (κ2) is 5.13. The number of benzene rings is 1. The first kappa shape index (κ1) is 10.4. The SMILES string of the molecule is CCNc1ccc(C#N)cc1NCC. The van der Waals surface area contributed by atoms with E-state index in [1.807, 2.05) is 32.0 Å². The van der Waals surface area contributed by atoms with Crippen LogP contribution < -0.4 is 10.6 Å². The van der Waals surface area contributed by atoms with Gasteiger partial charge in [0.1, 0.15) is 0 Å². The minimum absolute atomic E-state index is 0.683. The van der Waals surface area contributed by atoms with Crippen LogP contribution in [0.4, 0.5) is 11.4 Å². The summed E-state index contributed by atoms with van der Waals surface area (Å²) in [6, 6.07) is 7.74. The van der Waals surface area contributed by atoms with E-state index in [1.165, 1.54) is 0 Å². The second-order valence-electron chi connectivity index (χ2n) is 2.93. The summed E-state index contributed by atoms with van der Waals surface area (Å²) in [7, 11) is 0. The largest absolute Gasteiger partial charge is 0.384 e. The third-order valence-electron chi connectivity index (χ3n) is 1.88. The maximum Gasteiger partial charge on any atom is 0.0992 e. The molecule has 0 aliphatic carbocycles. The second-order valence-corrected chi connectivity index (χ2v) is 2.93. The lowest BCUT2D eigenvalue weighted by Crippen LogP contribution is -2.04. The van der Waals surface area contributed by atoms with Gasteiger partial charge in [-0.1, -0.05) is 0 Å². The molecule has 1 aromatic rings. The first-order valence-electron chi connectivity index (χ1n) is 4.83. The van der Waals surface area contributed by atoms with E-state index in [1.54, 1.807) is 0 Å². The van der Waals surface area contributed by atoms with Crippen LogP contribution in [0.25, 0.3) is 0 Å². The zero-order valence-electron chi connectivity index (χ0n) is 8.59. The fourth-order valence-electron chi connectivity index (χ4n) is 1.30. The van der Waals surface area contributed by atoms with Crippen LogP contribution in [0.3, 0.4) is 0 Å². The standard InChI is InChI=1S/C11H15N3/c1-3-13-10-6-5-9(8-12)7-11(10)14-4-2/h5-7,13-14H,3-4H2,1-2H3. The average molecular weight is 189 g/mol. The Morgan fingerprint density at radius 1 is 1.14 bits per heavy atom. The molecule has 0 unspecified atom stereocenters. The van der Waals surface area contributed by atoms with Crippen molar-refractivity contribution in [3.05, 3.63) is 23.8 Å². The molecule has 2 N–H and O–H groups in total. The number of rotatable bonds is 4. The molecule has 3 heteroatoms. The summed E-state index contributed by atoms with van der Waals surface area (Å²) in [5.41, 5.74) is 2.73. The number of nitrogens with zero attached hydrogens (tertiary/aromatic N) is 1. The van der Waals surface area contributed by atoms with Crippen molar-refractivity contribution in [3.8, 4) is 6.07 Å². The average Bonchev–Trinajstić information content (AvgIpc) is 2.21. The van der Waals surface area contributed by atoms with E-state index < -0.39 is 0 Å². The van der Waals surface area contributed by atoms with Crippen LogP contribution in [-0.2, 0) is 0 Å². The molecule has 1 rings (SSSR count). The van der Waals surface area contributed by atoms with Gasteiger partial charge in [-0.3, -0.25) is 0 Å². The van der Waals surface area contributed by atoms with Gasteiger partial charge in [0, 0.05) is 13.1 Å². The number of nitrogens with one attached hydrogen (secondary N) is 2. The molecular weight excluding hydrogens is 174 g/mol. The molecule has 0 amide bonds. The minimum Gasteiger partial charge on any atom is -0.384 e. The van der Waals surface area contributed by atoms with Crippen molar-refractivity contribution in [1.82, 2.24) is 0 Å². The van der Waals surface area contributed by atoms with Gasteiger partial charge >= 0.3 is 0 Å². The van der Waals surface area contributed by atoms with Crippen molar-refractivity contribution in [2.24, 2.45) is 0 Å². The van der Waals surface area contributed by atoms with Gasteiger partial charge in [0.15, 0.2) is 0 Å². The van der Waals surface area contributed by atoms with Crippen LogP contribution in [-0.4, -0.2) is 13.1 Å². The van der Waals surface area contributed by atoms with E-state index in [-0.39, 0.29) is 0 Å². The van der Waals surface area contributed by atoms with Gasteiger partial charge in [0.25, 0.3) is 0 Å². The molecule has 3 nitrogen and oxygen atoms in total. The Balaban J connectivity index is 2.98. The Morgan fingerprint density at radius 3 is 2.36 bits per heavy atom. The van der Waals surface area contributed by atoms with E-state index in [4.69, 9.17) is 5.26 Å². The van der Waals surface area contributed by atoms with Gasteiger partial charge in [-0.15, -0.1) is 0 Å². The highest BCUT2D eigenvalue weighted by molar-refractivity contribution is 5.70. The highest BCUT2D eigenvalue weighted by Gasteiger charge is 2.01. The highest BCUT2D eigenvalue weighted by Crippen LogP contribution is 2.22. The van der Waals surface area contributed by atoms with Crippen LogP contribution in [0.2, 0.25) is 0 Å². The molecular formula is C11H15N3. The minimum atomic E-state index is 0.683. The van der Waals surface area contributed by atoms with Gasteiger partial charge in [-0.05, 0) is 32.0 Å². The van der Waals surface area contributed by atoms with E-state index in [0.29, 0.717) is 5.56 Å². The molecule has 0 bridgehead atoms. The van der Waals surface area contributed by atoms with E-state index in [0.717, 1.165) is 24.5 Å². The van der Waals surface area contributed by atoms with Gasteiger partial charge in [0.2, 0.25) is 0 Å². The molecule has 14 heavy (non-hydrogen) atoms. The molecule has 0 saturated carbocycles. The number of anilines is 2. The van der Waals surface area contributed by atoms with Gasteiger partial charge in [-0.2, -0.15) is 5.26 Å². The molecule has 0 aliphatic heterocycles. The van der Waals surface area contributed by atoms with Crippen molar-refractivity contribution in [1.29, 1.82) is 5.26 Å². The first-order chi connectivity index (χ1) is 6.81. The quantitative estimate of drug-likeness (QED) is 0.764. The van der Waals surface area contributed by atoms with E-state index in [2.05, 4.69) is 16.7 Å². The highest BCUT2D eigenvalue weighted by atomic mass is 14.9. The smallest absolute Gasteiger partial charge is 0.0992 e. The summed E-state index contributed by atoms with van der Waals surface area (Å²) >= 11 is 0.